The molecule has 0 spiro atoms. The lowest BCUT2D eigenvalue weighted by molar-refractivity contribution is -0.274. The van der Waals surface area contributed by atoms with Crippen LogP contribution in [0.3, 0.4) is 0 Å². The molecular formula is C25H26F3N5O4. The molecule has 196 valence electrons. The van der Waals surface area contributed by atoms with E-state index in [1.807, 2.05) is 20.8 Å². The number of anilines is 1. The van der Waals surface area contributed by atoms with Crippen LogP contribution in [-0.4, -0.2) is 33.3 Å². The van der Waals surface area contributed by atoms with Gasteiger partial charge in [0.05, 0.1) is 6.04 Å². The Morgan fingerprint density at radius 3 is 2.43 bits per heavy atom. The van der Waals surface area contributed by atoms with E-state index in [0.29, 0.717) is 16.9 Å². The maximum atomic E-state index is 13.3. The molecule has 0 saturated heterocycles. The summed E-state index contributed by atoms with van der Waals surface area (Å²) in [6, 6.07) is 6.53. The number of carbonyl (C=O) groups excluding carboxylic acids is 2. The molecule has 1 aliphatic rings. The summed E-state index contributed by atoms with van der Waals surface area (Å²) in [7, 11) is 0. The SMILES string of the molecule is CC(NC(=O)c1noc(C(C)(C)C)n1)c1ccc(-c2ccnc(NC(=O)C3CC3)c2)cc1OC(F)(F)F. The Kier molecular flexibility index (Phi) is 6.94. The van der Waals surface area contributed by atoms with Crippen molar-refractivity contribution in [2.24, 2.45) is 5.92 Å². The first-order chi connectivity index (χ1) is 17.3. The third kappa shape index (κ3) is 6.63. The fraction of sp³-hybridized carbons (Fsp3) is 0.400. The summed E-state index contributed by atoms with van der Waals surface area (Å²) in [4.78, 5) is 32.9. The number of carbonyl (C=O) groups is 2. The predicted molar refractivity (Wildman–Crippen MR) is 127 cm³/mol. The van der Waals surface area contributed by atoms with Crippen LogP contribution in [0.1, 0.15) is 68.7 Å². The van der Waals surface area contributed by atoms with Crippen molar-refractivity contribution in [2.75, 3.05) is 5.32 Å². The molecule has 1 unspecified atom stereocenters. The molecule has 2 heterocycles. The molecule has 0 radical (unpaired) electrons. The minimum absolute atomic E-state index is 0.0271. The van der Waals surface area contributed by atoms with Gasteiger partial charge >= 0.3 is 6.36 Å². The highest BCUT2D eigenvalue weighted by atomic mass is 19.4. The Balaban J connectivity index is 1.58. The molecule has 12 heteroatoms. The minimum Gasteiger partial charge on any atom is -0.405 e. The lowest BCUT2D eigenvalue weighted by Crippen LogP contribution is -2.29. The van der Waals surface area contributed by atoms with Gasteiger partial charge in [0.15, 0.2) is 0 Å². The van der Waals surface area contributed by atoms with Crippen LogP contribution in [0.5, 0.6) is 5.75 Å². The van der Waals surface area contributed by atoms with E-state index in [4.69, 9.17) is 4.52 Å². The van der Waals surface area contributed by atoms with Gasteiger partial charge < -0.3 is 19.9 Å². The molecule has 1 aliphatic carbocycles. The van der Waals surface area contributed by atoms with Crippen molar-refractivity contribution in [2.45, 2.75) is 58.4 Å². The monoisotopic (exact) mass is 517 g/mol. The Morgan fingerprint density at radius 1 is 1.11 bits per heavy atom. The average Bonchev–Trinajstić information content (AvgIpc) is 3.53. The van der Waals surface area contributed by atoms with E-state index in [1.54, 1.807) is 18.2 Å². The molecule has 4 rings (SSSR count). The van der Waals surface area contributed by atoms with Crippen LogP contribution in [-0.2, 0) is 10.2 Å². The topological polar surface area (TPSA) is 119 Å². The Hall–Kier alpha value is -3.96. The third-order valence-corrected chi connectivity index (χ3v) is 5.62. The number of alkyl halides is 3. The smallest absolute Gasteiger partial charge is 0.405 e. The van der Waals surface area contributed by atoms with E-state index in [1.165, 1.54) is 25.3 Å². The highest BCUT2D eigenvalue weighted by Gasteiger charge is 2.34. The number of benzene rings is 1. The van der Waals surface area contributed by atoms with Crippen molar-refractivity contribution >= 4 is 17.6 Å². The molecule has 0 aliphatic heterocycles. The number of hydrogen-bond donors (Lipinski definition) is 2. The zero-order valence-electron chi connectivity index (χ0n) is 20.6. The van der Waals surface area contributed by atoms with Crippen LogP contribution < -0.4 is 15.4 Å². The normalized spacial score (nSPS) is 14.7. The molecule has 3 aromatic rings. The summed E-state index contributed by atoms with van der Waals surface area (Å²) >= 11 is 0. The Bertz CT molecular complexity index is 1310. The van der Waals surface area contributed by atoms with Gasteiger partial charge in [-0.2, -0.15) is 4.98 Å². The zero-order valence-corrected chi connectivity index (χ0v) is 20.6. The predicted octanol–water partition coefficient (Wildman–Crippen LogP) is 5.17. The molecule has 1 saturated carbocycles. The number of hydrogen-bond acceptors (Lipinski definition) is 7. The van der Waals surface area contributed by atoms with Gasteiger partial charge in [-0.3, -0.25) is 9.59 Å². The second-order valence-corrected chi connectivity index (χ2v) is 9.86. The standard InChI is InChI=1S/C25H26F3N5O4/c1-13(30-22(35)20-32-23(37-33-20)24(2,3)4)17-8-7-15(11-18(17)36-25(26,27)28)16-9-10-29-19(12-16)31-21(34)14-5-6-14/h7-14H,5-6H2,1-4H3,(H,30,35)(H,29,31,34). The van der Waals surface area contributed by atoms with E-state index in [-0.39, 0.29) is 29.1 Å². The lowest BCUT2D eigenvalue weighted by atomic mass is 9.97. The molecule has 2 aromatic heterocycles. The highest BCUT2D eigenvalue weighted by Crippen LogP contribution is 2.35. The number of ether oxygens (including phenoxy) is 1. The first kappa shape index (κ1) is 26.1. The lowest BCUT2D eigenvalue weighted by Gasteiger charge is -2.20. The fourth-order valence-corrected chi connectivity index (χ4v) is 3.50. The number of halogens is 3. The second-order valence-electron chi connectivity index (χ2n) is 9.86. The molecular weight excluding hydrogens is 491 g/mol. The van der Waals surface area contributed by atoms with Gasteiger partial charge in [0.1, 0.15) is 11.6 Å². The molecule has 2 N–H and O–H groups in total. The van der Waals surface area contributed by atoms with Gasteiger partial charge in [0.25, 0.3) is 11.7 Å². The molecule has 9 nitrogen and oxygen atoms in total. The highest BCUT2D eigenvalue weighted by molar-refractivity contribution is 5.93. The van der Waals surface area contributed by atoms with Crippen molar-refractivity contribution in [3.8, 4) is 16.9 Å². The Morgan fingerprint density at radius 2 is 1.81 bits per heavy atom. The molecule has 2 amide bonds. The molecule has 1 aromatic carbocycles. The number of amides is 2. The summed E-state index contributed by atoms with van der Waals surface area (Å²) in [6.07, 6.45) is -1.86. The number of rotatable bonds is 7. The number of nitrogens with zero attached hydrogens (tertiary/aromatic N) is 3. The molecule has 0 bridgehead atoms. The summed E-state index contributed by atoms with van der Waals surface area (Å²) < 4.78 is 49.2. The quantitative estimate of drug-likeness (QED) is 0.444. The van der Waals surface area contributed by atoms with Crippen LogP contribution in [0.25, 0.3) is 11.1 Å². The van der Waals surface area contributed by atoms with Crippen molar-refractivity contribution < 1.29 is 32.0 Å². The maximum Gasteiger partial charge on any atom is 0.573 e. The van der Waals surface area contributed by atoms with Crippen LogP contribution in [0, 0.1) is 5.92 Å². The summed E-state index contributed by atoms with van der Waals surface area (Å²) in [5.74, 6) is -1.04. The summed E-state index contributed by atoms with van der Waals surface area (Å²) in [6.45, 7) is 7.01. The zero-order chi connectivity index (χ0) is 27.0. The van der Waals surface area contributed by atoms with E-state index in [2.05, 4.69) is 30.5 Å². The van der Waals surface area contributed by atoms with Crippen LogP contribution in [0.4, 0.5) is 19.0 Å². The fourth-order valence-electron chi connectivity index (χ4n) is 3.50. The first-order valence-corrected chi connectivity index (χ1v) is 11.6. The first-order valence-electron chi connectivity index (χ1n) is 11.6. The van der Waals surface area contributed by atoms with E-state index in [0.717, 1.165) is 12.8 Å². The van der Waals surface area contributed by atoms with Gasteiger partial charge in [0, 0.05) is 23.1 Å². The number of aromatic nitrogens is 3. The maximum absolute atomic E-state index is 13.3. The average molecular weight is 518 g/mol. The van der Waals surface area contributed by atoms with Crippen LogP contribution in [0.2, 0.25) is 0 Å². The van der Waals surface area contributed by atoms with Gasteiger partial charge in [0.2, 0.25) is 11.8 Å². The van der Waals surface area contributed by atoms with Crippen LogP contribution in [0.15, 0.2) is 41.1 Å². The van der Waals surface area contributed by atoms with E-state index in [9.17, 15) is 22.8 Å². The van der Waals surface area contributed by atoms with Gasteiger partial charge in [-0.25, -0.2) is 4.98 Å². The number of pyridine rings is 1. The van der Waals surface area contributed by atoms with E-state index < -0.39 is 29.5 Å². The van der Waals surface area contributed by atoms with Crippen molar-refractivity contribution in [3.05, 3.63) is 53.8 Å². The van der Waals surface area contributed by atoms with Crippen LogP contribution >= 0.6 is 0 Å². The number of nitrogens with one attached hydrogen (secondary N) is 2. The van der Waals surface area contributed by atoms with Crippen molar-refractivity contribution in [3.63, 3.8) is 0 Å². The van der Waals surface area contributed by atoms with Crippen molar-refractivity contribution in [1.29, 1.82) is 0 Å². The Labute approximate surface area is 210 Å². The van der Waals surface area contributed by atoms with E-state index >= 15 is 0 Å². The molecule has 37 heavy (non-hydrogen) atoms. The molecule has 1 fully saturated rings. The van der Waals surface area contributed by atoms with Crippen molar-refractivity contribution in [1.82, 2.24) is 20.4 Å². The second kappa shape index (κ2) is 9.83. The van der Waals surface area contributed by atoms with Gasteiger partial charge in [-0.1, -0.05) is 38.1 Å². The largest absolute Gasteiger partial charge is 0.573 e. The molecule has 1 atom stereocenters. The third-order valence-electron chi connectivity index (χ3n) is 5.62. The summed E-state index contributed by atoms with van der Waals surface area (Å²) in [5, 5.41) is 8.96. The van der Waals surface area contributed by atoms with Gasteiger partial charge in [-0.15, -0.1) is 13.2 Å². The summed E-state index contributed by atoms with van der Waals surface area (Å²) in [5.41, 5.74) is 0.538. The minimum atomic E-state index is -4.96. The van der Waals surface area contributed by atoms with Gasteiger partial charge in [-0.05, 0) is 49.1 Å².